The van der Waals surface area contributed by atoms with Gasteiger partial charge in [0, 0.05) is 12.8 Å². The van der Waals surface area contributed by atoms with Gasteiger partial charge >= 0.3 is 27.6 Å². The highest BCUT2D eigenvalue weighted by atomic mass is 31.2. The summed E-state index contributed by atoms with van der Waals surface area (Å²) in [7, 11) is -9.71. The molecular weight excluding hydrogens is 862 g/mol. The maximum Gasteiger partial charge on any atom is 0.472 e. The fourth-order valence-electron chi connectivity index (χ4n) is 6.84. The van der Waals surface area contributed by atoms with Crippen LogP contribution in [-0.2, 0) is 41.8 Å². The van der Waals surface area contributed by atoms with E-state index in [9.17, 15) is 33.8 Å². The van der Waals surface area contributed by atoms with E-state index in [1.165, 1.54) is 96.3 Å². The highest BCUT2D eigenvalue weighted by Gasteiger charge is 2.28. The Bertz CT molecular complexity index is 1300. The summed E-state index contributed by atoms with van der Waals surface area (Å²) in [5.41, 5.74) is 0. The van der Waals surface area contributed by atoms with Gasteiger partial charge in [0.05, 0.1) is 25.9 Å². The Labute approximate surface area is 387 Å². The zero-order valence-electron chi connectivity index (χ0n) is 39.9. The van der Waals surface area contributed by atoms with Gasteiger partial charge in [-0.25, -0.2) is 9.13 Å². The minimum Gasteiger partial charge on any atom is -0.462 e. The van der Waals surface area contributed by atoms with Crippen LogP contribution in [0.5, 0.6) is 0 Å². The van der Waals surface area contributed by atoms with Gasteiger partial charge in [-0.3, -0.25) is 23.2 Å². The average molecular weight is 953 g/mol. The molecule has 16 heteroatoms. The monoisotopic (exact) mass is 953 g/mol. The molecule has 5 N–H and O–H groups in total. The Morgan fingerprint density at radius 2 is 0.984 bits per heavy atom. The second-order valence-corrected chi connectivity index (χ2v) is 20.1. The molecule has 14 nitrogen and oxygen atoms in total. The topological polar surface area (TPSA) is 216 Å². The molecule has 0 aliphatic carbocycles. The zero-order chi connectivity index (χ0) is 47.6. The highest BCUT2D eigenvalue weighted by molar-refractivity contribution is 7.47. The average Bonchev–Trinajstić information content (AvgIpc) is 3.24. The number of phosphoric acid groups is 2. The van der Waals surface area contributed by atoms with Gasteiger partial charge in [0.2, 0.25) is 0 Å². The number of esters is 2. The van der Waals surface area contributed by atoms with Crippen LogP contribution in [0.2, 0.25) is 0 Å². The first-order valence-electron chi connectivity index (χ1n) is 24.6. The van der Waals surface area contributed by atoms with Crippen LogP contribution >= 0.6 is 15.6 Å². The van der Waals surface area contributed by atoms with Crippen LogP contribution in [0.15, 0.2) is 36.5 Å². The van der Waals surface area contributed by atoms with E-state index in [2.05, 4.69) is 37.4 Å². The maximum atomic E-state index is 12.7. The first-order chi connectivity index (χ1) is 30.6. The number of unbranched alkanes of at least 4 members (excludes halogenated alkanes) is 21. The van der Waals surface area contributed by atoms with E-state index in [0.717, 1.165) is 63.7 Å². The van der Waals surface area contributed by atoms with Crippen molar-refractivity contribution in [2.24, 2.45) is 5.92 Å². The molecule has 0 amide bonds. The Morgan fingerprint density at radius 1 is 0.531 bits per heavy atom. The van der Waals surface area contributed by atoms with Crippen LogP contribution in [0.25, 0.3) is 0 Å². The number of rotatable bonds is 46. The standard InChI is InChI=1S/C48H90O14P2/c1-4-5-6-7-20-25-30-35-44(49)36-31-26-23-28-32-37-47(51)58-41-46(42-61-64(56,57)60-40-45(50)39-59-63(53,54)55)62-48(52)38-33-27-22-19-17-15-13-11-9-8-10-12-14-16-18-21-24-29-34-43(2)3/h5-6,20,25,30,35,43-46,49-50H,4,7-19,21-24,26-29,31-34,36-42H2,1-3H3,(H,56,57)(H2,53,54,55)/b6-5+,25-20+,35-30+/t44?,45-,46+/m0/s1. The number of hydrogen-bond donors (Lipinski definition) is 5. The third kappa shape index (κ3) is 46.8. The zero-order valence-corrected chi connectivity index (χ0v) is 41.7. The summed E-state index contributed by atoms with van der Waals surface area (Å²) in [5.74, 6) is -0.272. The summed E-state index contributed by atoms with van der Waals surface area (Å²) >= 11 is 0. The van der Waals surface area contributed by atoms with Crippen molar-refractivity contribution >= 4 is 27.6 Å². The number of carbonyl (C=O) groups is 2. The molecule has 2 unspecified atom stereocenters. The summed E-state index contributed by atoms with van der Waals surface area (Å²) in [6.45, 7) is 3.90. The Morgan fingerprint density at radius 3 is 1.48 bits per heavy atom. The van der Waals surface area contributed by atoms with E-state index in [4.69, 9.17) is 28.3 Å². The molecule has 0 aliphatic rings. The number of carbonyl (C=O) groups excluding carboxylic acids is 2. The molecule has 0 radical (unpaired) electrons. The van der Waals surface area contributed by atoms with Crippen LogP contribution < -0.4 is 0 Å². The lowest BCUT2D eigenvalue weighted by atomic mass is 10.0. The smallest absolute Gasteiger partial charge is 0.462 e. The van der Waals surface area contributed by atoms with Crippen molar-refractivity contribution in [1.29, 1.82) is 0 Å². The molecule has 0 fully saturated rings. The van der Waals surface area contributed by atoms with E-state index in [-0.39, 0.29) is 12.8 Å². The van der Waals surface area contributed by atoms with Crippen LogP contribution in [0.3, 0.4) is 0 Å². The minimum atomic E-state index is -4.88. The molecule has 0 bridgehead atoms. The molecule has 0 spiro atoms. The first kappa shape index (κ1) is 62.3. The summed E-state index contributed by atoms with van der Waals surface area (Å²) in [4.78, 5) is 52.9. The normalized spacial score (nSPS) is 14.8. The largest absolute Gasteiger partial charge is 0.472 e. The Kier molecular flexibility index (Phi) is 41.5. The van der Waals surface area contributed by atoms with E-state index in [1.807, 2.05) is 18.2 Å². The van der Waals surface area contributed by atoms with E-state index >= 15 is 0 Å². The van der Waals surface area contributed by atoms with Crippen LogP contribution in [0.4, 0.5) is 0 Å². The predicted octanol–water partition coefficient (Wildman–Crippen LogP) is 12.1. The number of aliphatic hydroxyl groups is 2. The molecule has 0 heterocycles. The van der Waals surface area contributed by atoms with Crippen molar-refractivity contribution in [1.82, 2.24) is 0 Å². The number of allylic oxidation sites excluding steroid dienone is 5. The highest BCUT2D eigenvalue weighted by Crippen LogP contribution is 2.44. The van der Waals surface area contributed by atoms with Crippen LogP contribution in [-0.4, -0.2) is 81.6 Å². The quantitative estimate of drug-likeness (QED) is 0.0126. The Hall–Kier alpha value is -1.70. The second kappa shape index (κ2) is 42.6. The maximum absolute atomic E-state index is 12.7. The molecule has 0 aromatic rings. The molecule has 0 saturated heterocycles. The van der Waals surface area contributed by atoms with E-state index < -0.39 is 72.3 Å². The van der Waals surface area contributed by atoms with Crippen molar-refractivity contribution in [2.75, 3.05) is 26.4 Å². The van der Waals surface area contributed by atoms with Crippen molar-refractivity contribution in [3.8, 4) is 0 Å². The SMILES string of the molecule is CC/C=C/C/C=C/C=C/C(O)CCCCCCCC(=O)OC[C@H](COP(=O)(O)OC[C@@H](O)COP(=O)(O)O)OC(=O)CCCCCCCCCCCCCCCCCCCCC(C)C. The van der Waals surface area contributed by atoms with Gasteiger partial charge in [0.25, 0.3) is 0 Å². The molecule has 0 aromatic carbocycles. The summed E-state index contributed by atoms with van der Waals surface area (Å²) in [6.07, 6.45) is 38.7. The molecule has 4 atom stereocenters. The molecule has 64 heavy (non-hydrogen) atoms. The Balaban J connectivity index is 4.46. The molecule has 0 rings (SSSR count). The molecule has 0 aromatic heterocycles. The van der Waals surface area contributed by atoms with Gasteiger partial charge < -0.3 is 34.4 Å². The van der Waals surface area contributed by atoms with Crippen molar-refractivity contribution in [3.05, 3.63) is 36.5 Å². The summed E-state index contributed by atoms with van der Waals surface area (Å²) < 4.78 is 47.9. The predicted molar refractivity (Wildman–Crippen MR) is 254 cm³/mol. The van der Waals surface area contributed by atoms with Crippen LogP contribution in [0.1, 0.15) is 207 Å². The lowest BCUT2D eigenvalue weighted by Gasteiger charge is -2.20. The summed E-state index contributed by atoms with van der Waals surface area (Å²) in [6, 6.07) is 0. The first-order valence-corrected chi connectivity index (χ1v) is 27.7. The number of ether oxygens (including phenoxy) is 2. The van der Waals surface area contributed by atoms with E-state index in [0.29, 0.717) is 19.3 Å². The number of phosphoric ester groups is 2. The molecular formula is C48H90O14P2. The third-order valence-corrected chi connectivity index (χ3v) is 12.0. The fraction of sp³-hybridized carbons (Fsp3) is 0.833. The third-order valence-electron chi connectivity index (χ3n) is 10.6. The fourth-order valence-corrected chi connectivity index (χ4v) is 7.99. The van der Waals surface area contributed by atoms with Crippen molar-refractivity contribution < 1.29 is 66.7 Å². The van der Waals surface area contributed by atoms with Crippen molar-refractivity contribution in [2.45, 2.75) is 225 Å². The molecule has 0 saturated carbocycles. The number of hydrogen-bond acceptors (Lipinski definition) is 11. The van der Waals surface area contributed by atoms with Gasteiger partial charge in [0.15, 0.2) is 6.10 Å². The lowest BCUT2D eigenvalue weighted by molar-refractivity contribution is -0.161. The van der Waals surface area contributed by atoms with Gasteiger partial charge in [-0.05, 0) is 38.0 Å². The molecule has 0 aliphatic heterocycles. The van der Waals surface area contributed by atoms with Gasteiger partial charge in [-0.15, -0.1) is 0 Å². The van der Waals surface area contributed by atoms with Crippen molar-refractivity contribution in [3.63, 3.8) is 0 Å². The van der Waals surface area contributed by atoms with Gasteiger partial charge in [-0.1, -0.05) is 198 Å². The van der Waals surface area contributed by atoms with E-state index in [1.54, 1.807) is 6.08 Å². The molecule has 376 valence electrons. The van der Waals surface area contributed by atoms with Gasteiger partial charge in [0.1, 0.15) is 12.7 Å². The number of aliphatic hydroxyl groups excluding tert-OH is 2. The van der Waals surface area contributed by atoms with Crippen LogP contribution in [0, 0.1) is 5.92 Å². The minimum absolute atomic E-state index is 0.114. The van der Waals surface area contributed by atoms with Gasteiger partial charge in [-0.2, -0.15) is 0 Å². The summed E-state index contributed by atoms with van der Waals surface area (Å²) in [5, 5.41) is 19.9. The lowest BCUT2D eigenvalue weighted by Crippen LogP contribution is -2.30. The second-order valence-electron chi connectivity index (χ2n) is 17.4.